The number of methoxy groups -OCH3 is 1. The van der Waals surface area contributed by atoms with Crippen molar-refractivity contribution in [2.75, 3.05) is 26.8 Å². The number of aromatic nitrogens is 1. The van der Waals surface area contributed by atoms with Gasteiger partial charge in [0.15, 0.2) is 0 Å². The fraction of sp³-hybridized carbons (Fsp3) is 0.615. The average Bonchev–Trinajstić information content (AvgIpc) is 2.75. The molecule has 0 unspecified atom stereocenters. The molecule has 120 valence electrons. The van der Waals surface area contributed by atoms with Crippen LogP contribution in [0.5, 0.6) is 0 Å². The minimum atomic E-state index is -3.85. The van der Waals surface area contributed by atoms with Crippen LogP contribution in [0.3, 0.4) is 0 Å². The smallest absolute Gasteiger partial charge is 0.270 e. The number of ether oxygens (including phenoxy) is 1. The molecule has 1 aromatic heterocycles. The highest BCUT2D eigenvalue weighted by molar-refractivity contribution is 8.13. The number of carbonyl (C=O) groups excluding carboxylic acids is 1. The number of nitrogens with zero attached hydrogens (tertiary/aromatic N) is 2. The summed E-state index contributed by atoms with van der Waals surface area (Å²) in [7, 11) is 4.64. The Kier molecular flexibility index (Phi) is 6.24. The Bertz CT molecular complexity index is 595. The topological polar surface area (TPSA) is 68.6 Å². The number of halogens is 1. The first-order chi connectivity index (χ1) is 9.66. The van der Waals surface area contributed by atoms with Gasteiger partial charge in [0.05, 0.1) is 6.61 Å². The van der Waals surface area contributed by atoms with Crippen molar-refractivity contribution in [2.24, 2.45) is 13.0 Å². The normalized spacial score (nSPS) is 11.9. The minimum Gasteiger partial charge on any atom is -0.383 e. The summed E-state index contributed by atoms with van der Waals surface area (Å²) in [6, 6.07) is 1.30. The molecule has 0 aromatic carbocycles. The van der Waals surface area contributed by atoms with E-state index in [0.29, 0.717) is 25.6 Å². The third kappa shape index (κ3) is 5.01. The van der Waals surface area contributed by atoms with Crippen LogP contribution in [0.1, 0.15) is 24.3 Å². The van der Waals surface area contributed by atoms with Crippen LogP contribution in [0, 0.1) is 5.92 Å². The molecule has 8 heteroatoms. The fourth-order valence-electron chi connectivity index (χ4n) is 1.96. The van der Waals surface area contributed by atoms with Crippen LogP contribution in [0.4, 0.5) is 0 Å². The second-order valence-corrected chi connectivity index (χ2v) is 7.81. The molecule has 0 N–H and O–H groups in total. The Morgan fingerprint density at radius 1 is 1.48 bits per heavy atom. The number of rotatable bonds is 7. The van der Waals surface area contributed by atoms with E-state index >= 15 is 0 Å². The first kappa shape index (κ1) is 18.0. The summed E-state index contributed by atoms with van der Waals surface area (Å²) in [6.45, 7) is 5.45. The summed E-state index contributed by atoms with van der Waals surface area (Å²) in [4.78, 5) is 14.1. The van der Waals surface area contributed by atoms with E-state index in [-0.39, 0.29) is 16.5 Å². The average molecular weight is 337 g/mol. The zero-order valence-corrected chi connectivity index (χ0v) is 14.2. The maximum atomic E-state index is 12.6. The molecule has 0 atom stereocenters. The van der Waals surface area contributed by atoms with E-state index < -0.39 is 9.05 Å². The van der Waals surface area contributed by atoms with E-state index in [2.05, 4.69) is 0 Å². The summed E-state index contributed by atoms with van der Waals surface area (Å²) in [5.41, 5.74) is 0.283. The van der Waals surface area contributed by atoms with Crippen molar-refractivity contribution in [1.82, 2.24) is 9.47 Å². The second kappa shape index (κ2) is 7.29. The SMILES string of the molecule is COCCN(CC(C)C)C(=O)c1cc(S(=O)(=O)Cl)cn1C. The van der Waals surface area contributed by atoms with Gasteiger partial charge in [0.25, 0.3) is 15.0 Å². The van der Waals surface area contributed by atoms with Gasteiger partial charge in [-0.3, -0.25) is 4.79 Å². The highest BCUT2D eigenvalue weighted by Gasteiger charge is 2.23. The lowest BCUT2D eigenvalue weighted by Crippen LogP contribution is -2.37. The number of aryl methyl sites for hydroxylation is 1. The summed E-state index contributed by atoms with van der Waals surface area (Å²) in [5, 5.41) is 0. The van der Waals surface area contributed by atoms with Crippen LogP contribution in [-0.4, -0.2) is 50.6 Å². The van der Waals surface area contributed by atoms with Gasteiger partial charge in [0.2, 0.25) is 0 Å². The van der Waals surface area contributed by atoms with Gasteiger partial charge in [0, 0.05) is 44.1 Å². The van der Waals surface area contributed by atoms with Crippen LogP contribution >= 0.6 is 10.7 Å². The number of hydrogen-bond acceptors (Lipinski definition) is 4. The first-order valence-corrected chi connectivity index (χ1v) is 8.87. The van der Waals surface area contributed by atoms with Gasteiger partial charge in [-0.1, -0.05) is 13.8 Å². The summed E-state index contributed by atoms with van der Waals surface area (Å²) < 4.78 is 29.2. The summed E-state index contributed by atoms with van der Waals surface area (Å²) in [5.74, 6) is 0.0529. The first-order valence-electron chi connectivity index (χ1n) is 6.56. The second-order valence-electron chi connectivity index (χ2n) is 5.25. The zero-order chi connectivity index (χ0) is 16.2. The van der Waals surface area contributed by atoms with E-state index in [1.807, 2.05) is 13.8 Å². The fourth-order valence-corrected chi connectivity index (χ4v) is 2.75. The highest BCUT2D eigenvalue weighted by atomic mass is 35.7. The molecule has 0 spiro atoms. The van der Waals surface area contributed by atoms with Gasteiger partial charge >= 0.3 is 0 Å². The minimum absolute atomic E-state index is 0.0775. The quantitative estimate of drug-likeness (QED) is 0.711. The molecule has 1 aromatic rings. The van der Waals surface area contributed by atoms with Crippen molar-refractivity contribution in [3.8, 4) is 0 Å². The molecule has 0 saturated heterocycles. The lowest BCUT2D eigenvalue weighted by molar-refractivity contribution is 0.0663. The van der Waals surface area contributed by atoms with Crippen LogP contribution in [-0.2, 0) is 20.8 Å². The molecular weight excluding hydrogens is 316 g/mol. The maximum Gasteiger partial charge on any atom is 0.270 e. The highest BCUT2D eigenvalue weighted by Crippen LogP contribution is 2.19. The van der Waals surface area contributed by atoms with Crippen molar-refractivity contribution in [3.05, 3.63) is 18.0 Å². The van der Waals surface area contributed by atoms with E-state index in [1.165, 1.54) is 16.8 Å². The van der Waals surface area contributed by atoms with Crippen molar-refractivity contribution >= 4 is 25.6 Å². The molecule has 0 bridgehead atoms. The summed E-state index contributed by atoms with van der Waals surface area (Å²) >= 11 is 0. The molecule has 1 amide bonds. The molecule has 21 heavy (non-hydrogen) atoms. The van der Waals surface area contributed by atoms with Gasteiger partial charge in [0.1, 0.15) is 10.6 Å². The van der Waals surface area contributed by atoms with Crippen LogP contribution in [0.2, 0.25) is 0 Å². The van der Waals surface area contributed by atoms with Gasteiger partial charge < -0.3 is 14.2 Å². The van der Waals surface area contributed by atoms with Crippen molar-refractivity contribution in [1.29, 1.82) is 0 Å². The molecule has 1 rings (SSSR count). The van der Waals surface area contributed by atoms with E-state index in [1.54, 1.807) is 19.1 Å². The van der Waals surface area contributed by atoms with Crippen molar-refractivity contribution < 1.29 is 17.9 Å². The predicted octanol–water partition coefficient (Wildman–Crippen LogP) is 1.70. The molecule has 0 radical (unpaired) electrons. The number of amides is 1. The Morgan fingerprint density at radius 2 is 2.10 bits per heavy atom. The van der Waals surface area contributed by atoms with Crippen LogP contribution in [0.25, 0.3) is 0 Å². The predicted molar refractivity (Wildman–Crippen MR) is 81.1 cm³/mol. The van der Waals surface area contributed by atoms with Gasteiger partial charge in [-0.15, -0.1) is 0 Å². The van der Waals surface area contributed by atoms with Gasteiger partial charge in [-0.05, 0) is 12.0 Å². The molecule has 0 aliphatic carbocycles. The Hall–Kier alpha value is -1.05. The Labute approximate surface area is 130 Å². The summed E-state index contributed by atoms with van der Waals surface area (Å²) in [6.07, 6.45) is 1.33. The third-order valence-corrected chi connectivity index (χ3v) is 4.24. The van der Waals surface area contributed by atoms with E-state index in [0.717, 1.165) is 0 Å². The van der Waals surface area contributed by atoms with Gasteiger partial charge in [-0.2, -0.15) is 0 Å². The van der Waals surface area contributed by atoms with E-state index in [9.17, 15) is 13.2 Å². The molecule has 1 heterocycles. The molecule has 0 fully saturated rings. The van der Waals surface area contributed by atoms with Crippen LogP contribution in [0.15, 0.2) is 17.2 Å². The zero-order valence-electron chi connectivity index (χ0n) is 12.7. The largest absolute Gasteiger partial charge is 0.383 e. The van der Waals surface area contributed by atoms with E-state index in [4.69, 9.17) is 15.4 Å². The maximum absolute atomic E-state index is 12.6. The standard InChI is InChI=1S/C13H21ClN2O4S/c1-10(2)8-16(5-6-20-4)13(17)12-7-11(9-15(12)3)21(14,18)19/h7,9-10H,5-6,8H2,1-4H3. The van der Waals surface area contributed by atoms with Crippen LogP contribution < -0.4 is 0 Å². The lowest BCUT2D eigenvalue weighted by atomic mass is 10.2. The Balaban J connectivity index is 3.05. The van der Waals surface area contributed by atoms with Gasteiger partial charge in [-0.25, -0.2) is 8.42 Å². The Morgan fingerprint density at radius 3 is 2.52 bits per heavy atom. The lowest BCUT2D eigenvalue weighted by Gasteiger charge is -2.24. The monoisotopic (exact) mass is 336 g/mol. The number of carbonyl (C=O) groups is 1. The molecule has 0 saturated carbocycles. The molecule has 6 nitrogen and oxygen atoms in total. The molecular formula is C13H21ClN2O4S. The molecule has 0 aliphatic heterocycles. The third-order valence-electron chi connectivity index (χ3n) is 2.92. The number of hydrogen-bond donors (Lipinski definition) is 0. The molecule has 0 aliphatic rings. The van der Waals surface area contributed by atoms with Crippen molar-refractivity contribution in [3.63, 3.8) is 0 Å². The van der Waals surface area contributed by atoms with Crippen molar-refractivity contribution in [2.45, 2.75) is 18.7 Å².